The molecule has 2 aromatic heterocycles. The van der Waals surface area contributed by atoms with Crippen LogP contribution in [-0.4, -0.2) is 65.5 Å². The van der Waals surface area contributed by atoms with Crippen molar-refractivity contribution in [2.45, 2.75) is 53.0 Å². The van der Waals surface area contributed by atoms with E-state index in [4.69, 9.17) is 9.72 Å². The van der Waals surface area contributed by atoms with E-state index in [1.807, 2.05) is 6.92 Å². The van der Waals surface area contributed by atoms with Gasteiger partial charge in [-0.25, -0.2) is 9.37 Å². The normalized spacial score (nSPS) is 20.4. The number of ether oxygens (including phenoxy) is 1. The summed E-state index contributed by atoms with van der Waals surface area (Å²) in [6.07, 6.45) is 3.09. The molecule has 0 radical (unpaired) electrons. The van der Waals surface area contributed by atoms with Crippen molar-refractivity contribution in [3.05, 3.63) is 40.8 Å². The molecule has 0 aliphatic carbocycles. The van der Waals surface area contributed by atoms with Gasteiger partial charge >= 0.3 is 0 Å². The highest BCUT2D eigenvalue weighted by Crippen LogP contribution is 2.38. The van der Waals surface area contributed by atoms with Crippen LogP contribution < -0.4 is 4.90 Å². The molecule has 182 valence electrons. The fourth-order valence-corrected chi connectivity index (χ4v) is 5.52. The van der Waals surface area contributed by atoms with Gasteiger partial charge in [0, 0.05) is 62.1 Å². The van der Waals surface area contributed by atoms with Crippen LogP contribution in [-0.2, 0) is 11.2 Å². The van der Waals surface area contributed by atoms with Gasteiger partial charge in [0.25, 0.3) is 0 Å². The second kappa shape index (κ2) is 9.62. The van der Waals surface area contributed by atoms with Gasteiger partial charge in [0.2, 0.25) is 0 Å². The number of nitrogens with one attached hydrogen (secondary N) is 1. The van der Waals surface area contributed by atoms with E-state index in [1.165, 1.54) is 0 Å². The minimum absolute atomic E-state index is 0.241. The number of rotatable bonds is 5. The summed E-state index contributed by atoms with van der Waals surface area (Å²) in [6.45, 7) is 14.1. The second-order valence-electron chi connectivity index (χ2n) is 10.0. The van der Waals surface area contributed by atoms with E-state index in [0.717, 1.165) is 97.9 Å². The molecule has 0 unspecified atom stereocenters. The first-order chi connectivity index (χ1) is 16.4. The largest absolute Gasteiger partial charge is 0.381 e. The standard InChI is InChI=1S/C27H36FN5O/c1-5-20-13-22-19(4)25(24-12-17(2)30-31-24)27(29-26(22)23(28)14-20)33-9-8-32(18(3)15-33)16-21-6-10-34-11-7-21/h12-14,18,21H,5-11,15-16H2,1-4H3,(H,30,31)/t18-/m0/s1. The van der Waals surface area contributed by atoms with Crippen LogP contribution in [0.3, 0.4) is 0 Å². The molecule has 7 heteroatoms. The van der Waals surface area contributed by atoms with E-state index in [1.54, 1.807) is 6.07 Å². The maximum atomic E-state index is 15.2. The molecule has 1 aromatic carbocycles. The van der Waals surface area contributed by atoms with Gasteiger partial charge in [-0.2, -0.15) is 5.10 Å². The molecule has 0 bridgehead atoms. The highest BCUT2D eigenvalue weighted by atomic mass is 19.1. The zero-order valence-corrected chi connectivity index (χ0v) is 20.8. The summed E-state index contributed by atoms with van der Waals surface area (Å²) in [6, 6.07) is 6.17. The number of aromatic nitrogens is 3. The Morgan fingerprint density at radius 1 is 1.15 bits per heavy atom. The van der Waals surface area contributed by atoms with E-state index < -0.39 is 0 Å². The summed E-state index contributed by atoms with van der Waals surface area (Å²) in [7, 11) is 0. The maximum absolute atomic E-state index is 15.2. The number of anilines is 1. The van der Waals surface area contributed by atoms with Gasteiger partial charge in [-0.15, -0.1) is 0 Å². The quantitative estimate of drug-likeness (QED) is 0.582. The molecule has 2 aliphatic heterocycles. The van der Waals surface area contributed by atoms with Crippen LogP contribution in [0.15, 0.2) is 18.2 Å². The zero-order valence-electron chi connectivity index (χ0n) is 20.8. The van der Waals surface area contributed by atoms with Crippen molar-refractivity contribution in [1.29, 1.82) is 0 Å². The number of nitrogens with zero attached hydrogens (tertiary/aromatic N) is 4. The molecule has 2 aliphatic rings. The van der Waals surface area contributed by atoms with Crippen molar-refractivity contribution in [2.75, 3.05) is 44.3 Å². The molecule has 1 N–H and O–H groups in total. The molecule has 0 saturated carbocycles. The zero-order chi connectivity index (χ0) is 23.8. The van der Waals surface area contributed by atoms with Gasteiger partial charge in [-0.05, 0) is 75.3 Å². The number of piperazine rings is 1. The molecule has 2 saturated heterocycles. The lowest BCUT2D eigenvalue weighted by Gasteiger charge is -2.42. The Balaban J connectivity index is 1.51. The number of halogens is 1. The SMILES string of the molecule is CCc1cc(F)c2nc(N3CCN(CC4CCOCC4)[C@@H](C)C3)c(-c3cc(C)[nH]n3)c(C)c2c1. The Labute approximate surface area is 201 Å². The van der Waals surface area contributed by atoms with Crippen LogP contribution in [0.1, 0.15) is 43.5 Å². The van der Waals surface area contributed by atoms with E-state index >= 15 is 4.39 Å². The lowest BCUT2D eigenvalue weighted by molar-refractivity contribution is 0.0447. The predicted octanol–water partition coefficient (Wildman–Crippen LogP) is 4.88. The number of aromatic amines is 1. The van der Waals surface area contributed by atoms with E-state index in [-0.39, 0.29) is 5.82 Å². The van der Waals surface area contributed by atoms with E-state index in [0.29, 0.717) is 17.5 Å². The molecule has 0 amide bonds. The lowest BCUT2D eigenvalue weighted by atomic mass is 9.97. The van der Waals surface area contributed by atoms with Crippen molar-refractivity contribution in [3.63, 3.8) is 0 Å². The Morgan fingerprint density at radius 2 is 1.94 bits per heavy atom. The highest BCUT2D eigenvalue weighted by Gasteiger charge is 2.30. The molecule has 1 atom stereocenters. The summed E-state index contributed by atoms with van der Waals surface area (Å²) >= 11 is 0. The van der Waals surface area contributed by atoms with Crippen LogP contribution in [0, 0.1) is 25.6 Å². The van der Waals surface area contributed by atoms with Crippen molar-refractivity contribution in [1.82, 2.24) is 20.1 Å². The number of pyridine rings is 1. The van der Waals surface area contributed by atoms with Crippen LogP contribution in [0.4, 0.5) is 10.2 Å². The molecule has 2 fully saturated rings. The van der Waals surface area contributed by atoms with Crippen LogP contribution in [0.2, 0.25) is 0 Å². The van der Waals surface area contributed by atoms with Crippen molar-refractivity contribution < 1.29 is 9.13 Å². The summed E-state index contributed by atoms with van der Waals surface area (Å²) in [4.78, 5) is 9.90. The number of aryl methyl sites for hydroxylation is 3. The highest BCUT2D eigenvalue weighted by molar-refractivity contribution is 5.94. The Kier molecular flexibility index (Phi) is 6.58. The molecule has 5 rings (SSSR count). The predicted molar refractivity (Wildman–Crippen MR) is 135 cm³/mol. The fraction of sp³-hybridized carbons (Fsp3) is 0.556. The number of benzene rings is 1. The van der Waals surface area contributed by atoms with Gasteiger partial charge in [0.1, 0.15) is 17.2 Å². The molecule has 0 spiro atoms. The van der Waals surface area contributed by atoms with Gasteiger partial charge in [0.15, 0.2) is 0 Å². The summed E-state index contributed by atoms with van der Waals surface area (Å²) in [5.41, 5.74) is 5.37. The van der Waals surface area contributed by atoms with Crippen molar-refractivity contribution in [2.24, 2.45) is 5.92 Å². The molecule has 6 nitrogen and oxygen atoms in total. The Morgan fingerprint density at radius 3 is 2.62 bits per heavy atom. The third-order valence-corrected chi connectivity index (χ3v) is 7.61. The topological polar surface area (TPSA) is 57.3 Å². The summed E-state index contributed by atoms with van der Waals surface area (Å²) in [5, 5.41) is 8.53. The lowest BCUT2D eigenvalue weighted by Crippen LogP contribution is -2.53. The fourth-order valence-electron chi connectivity index (χ4n) is 5.52. The van der Waals surface area contributed by atoms with Crippen LogP contribution in [0.25, 0.3) is 22.2 Å². The van der Waals surface area contributed by atoms with Gasteiger partial charge < -0.3 is 9.64 Å². The monoisotopic (exact) mass is 465 g/mol. The van der Waals surface area contributed by atoms with Crippen molar-refractivity contribution in [3.8, 4) is 11.3 Å². The minimum Gasteiger partial charge on any atom is -0.381 e. The van der Waals surface area contributed by atoms with E-state index in [9.17, 15) is 0 Å². The second-order valence-corrected chi connectivity index (χ2v) is 10.0. The minimum atomic E-state index is -0.241. The summed E-state index contributed by atoms with van der Waals surface area (Å²) in [5.74, 6) is 1.32. The third kappa shape index (κ3) is 4.43. The first-order valence-electron chi connectivity index (χ1n) is 12.7. The number of H-pyrrole nitrogens is 1. The Hall–Kier alpha value is -2.51. The first-order valence-corrected chi connectivity index (χ1v) is 12.7. The molecular weight excluding hydrogens is 429 g/mol. The number of fused-ring (bicyclic) bond motifs is 1. The summed E-state index contributed by atoms with van der Waals surface area (Å²) < 4.78 is 20.7. The molecule has 3 aromatic rings. The molecule has 4 heterocycles. The average Bonchev–Trinajstić information content (AvgIpc) is 3.27. The smallest absolute Gasteiger partial charge is 0.149 e. The first kappa shape index (κ1) is 23.2. The van der Waals surface area contributed by atoms with Crippen molar-refractivity contribution >= 4 is 16.7 Å². The Bertz CT molecular complexity index is 1170. The van der Waals surface area contributed by atoms with Crippen LogP contribution >= 0.6 is 0 Å². The molecule has 34 heavy (non-hydrogen) atoms. The van der Waals surface area contributed by atoms with E-state index in [2.05, 4.69) is 52.9 Å². The number of hydrogen-bond acceptors (Lipinski definition) is 5. The third-order valence-electron chi connectivity index (χ3n) is 7.61. The van der Waals surface area contributed by atoms with Crippen LogP contribution in [0.5, 0.6) is 0 Å². The average molecular weight is 466 g/mol. The maximum Gasteiger partial charge on any atom is 0.149 e. The molecular formula is C27H36FN5O. The number of hydrogen-bond donors (Lipinski definition) is 1. The van der Waals surface area contributed by atoms with Gasteiger partial charge in [0.05, 0.1) is 5.69 Å². The van der Waals surface area contributed by atoms with Gasteiger partial charge in [-0.3, -0.25) is 10.00 Å². The van der Waals surface area contributed by atoms with Gasteiger partial charge in [-0.1, -0.05) is 6.92 Å².